The molecule has 0 aromatic heterocycles. The highest BCUT2D eigenvalue weighted by molar-refractivity contribution is 5.86. The molecule has 0 spiro atoms. The number of nitrogens with one attached hydrogen (secondary N) is 1. The Labute approximate surface area is 87.8 Å². The summed E-state index contributed by atoms with van der Waals surface area (Å²) >= 11 is 0. The van der Waals surface area contributed by atoms with Crippen LogP contribution >= 0.6 is 0 Å². The highest BCUT2D eigenvalue weighted by Gasteiger charge is 2.15. The molecule has 15 heavy (non-hydrogen) atoms. The molecule has 0 amide bonds. The Hall–Kier alpha value is -1.74. The van der Waals surface area contributed by atoms with Crippen LogP contribution in [0.25, 0.3) is 10.8 Å². The lowest BCUT2D eigenvalue weighted by Gasteiger charge is -2.10. The van der Waals surface area contributed by atoms with Crippen molar-refractivity contribution in [1.29, 1.82) is 0 Å². The molecule has 1 atom stereocenters. The fourth-order valence-corrected chi connectivity index (χ4v) is 1.95. The zero-order valence-electron chi connectivity index (χ0n) is 8.22. The third kappa shape index (κ3) is 1.41. The van der Waals surface area contributed by atoms with E-state index in [0.29, 0.717) is 6.67 Å². The molecular weight excluding hydrogens is 186 g/mol. The van der Waals surface area contributed by atoms with Gasteiger partial charge in [0.15, 0.2) is 0 Å². The summed E-state index contributed by atoms with van der Waals surface area (Å²) in [6.45, 7) is 0.619. The van der Waals surface area contributed by atoms with Gasteiger partial charge in [-0.1, -0.05) is 42.5 Å². The largest absolute Gasteiger partial charge is 0.270 e. The van der Waals surface area contributed by atoms with Gasteiger partial charge in [0.25, 0.3) is 0 Å². The smallest absolute Gasteiger partial charge is 0.148 e. The van der Waals surface area contributed by atoms with Crippen LogP contribution in [0.2, 0.25) is 0 Å². The molecule has 1 aliphatic heterocycles. The molecule has 0 saturated carbocycles. The first-order chi connectivity index (χ1) is 7.45. The topological polar surface area (TPSA) is 36.8 Å². The molecule has 0 saturated heterocycles. The van der Waals surface area contributed by atoms with E-state index in [1.807, 2.05) is 0 Å². The van der Waals surface area contributed by atoms with Gasteiger partial charge in [-0.05, 0) is 10.8 Å². The van der Waals surface area contributed by atoms with E-state index < -0.39 is 0 Å². The molecule has 1 unspecified atom stereocenters. The Bertz CT molecular complexity index is 514. The number of azo groups is 1. The van der Waals surface area contributed by atoms with Crippen LogP contribution in [0, 0.1) is 0 Å². The molecule has 1 aliphatic rings. The summed E-state index contributed by atoms with van der Waals surface area (Å²) in [6, 6.07) is 14.6. The summed E-state index contributed by atoms with van der Waals surface area (Å²) in [4.78, 5) is 0. The van der Waals surface area contributed by atoms with Crippen LogP contribution in [0.1, 0.15) is 11.7 Å². The summed E-state index contributed by atoms with van der Waals surface area (Å²) in [5, 5.41) is 13.9. The molecule has 3 nitrogen and oxygen atoms in total. The molecule has 0 bridgehead atoms. The highest BCUT2D eigenvalue weighted by atomic mass is 15.3. The van der Waals surface area contributed by atoms with E-state index in [-0.39, 0.29) is 6.17 Å². The van der Waals surface area contributed by atoms with Crippen molar-refractivity contribution in [2.75, 3.05) is 6.67 Å². The van der Waals surface area contributed by atoms with Gasteiger partial charge in [0.05, 0.1) is 0 Å². The average Bonchev–Trinajstić information content (AvgIpc) is 2.82. The van der Waals surface area contributed by atoms with Gasteiger partial charge in [0, 0.05) is 5.56 Å². The van der Waals surface area contributed by atoms with E-state index in [4.69, 9.17) is 0 Å². The van der Waals surface area contributed by atoms with E-state index in [9.17, 15) is 0 Å². The molecule has 74 valence electrons. The summed E-state index contributed by atoms with van der Waals surface area (Å²) in [5.41, 5.74) is 1.20. The van der Waals surface area contributed by atoms with Gasteiger partial charge in [0.2, 0.25) is 0 Å². The summed E-state index contributed by atoms with van der Waals surface area (Å²) in [6.07, 6.45) is 0.0242. The normalized spacial score (nSPS) is 19.9. The predicted molar refractivity (Wildman–Crippen MR) is 59.5 cm³/mol. The van der Waals surface area contributed by atoms with Crippen molar-refractivity contribution in [3.05, 3.63) is 48.0 Å². The van der Waals surface area contributed by atoms with Crippen molar-refractivity contribution in [2.24, 2.45) is 10.2 Å². The van der Waals surface area contributed by atoms with Crippen LogP contribution in [0.5, 0.6) is 0 Å². The Balaban J connectivity index is 2.21. The van der Waals surface area contributed by atoms with Gasteiger partial charge >= 0.3 is 0 Å². The van der Waals surface area contributed by atoms with Crippen molar-refractivity contribution < 1.29 is 0 Å². The maximum atomic E-state index is 4.17. The number of nitrogens with zero attached hydrogens (tertiary/aromatic N) is 2. The summed E-state index contributed by atoms with van der Waals surface area (Å²) < 4.78 is 0. The number of rotatable bonds is 1. The molecule has 0 radical (unpaired) electrons. The molecular formula is C12H11N3. The quantitative estimate of drug-likeness (QED) is 0.749. The van der Waals surface area contributed by atoms with E-state index in [0.717, 1.165) is 0 Å². The van der Waals surface area contributed by atoms with Crippen LogP contribution in [0.15, 0.2) is 52.7 Å². The van der Waals surface area contributed by atoms with Gasteiger partial charge in [0.1, 0.15) is 12.8 Å². The number of hydrogen-bond acceptors (Lipinski definition) is 3. The molecule has 2 aromatic rings. The summed E-state index contributed by atoms with van der Waals surface area (Å²) in [7, 11) is 0. The number of hydrogen-bond donors (Lipinski definition) is 1. The van der Waals surface area contributed by atoms with Crippen molar-refractivity contribution in [3.8, 4) is 0 Å². The fraction of sp³-hybridized carbons (Fsp3) is 0.167. The average molecular weight is 197 g/mol. The number of fused-ring (bicyclic) bond motifs is 1. The van der Waals surface area contributed by atoms with E-state index in [1.165, 1.54) is 16.3 Å². The van der Waals surface area contributed by atoms with Gasteiger partial charge < -0.3 is 0 Å². The molecule has 1 heterocycles. The molecule has 2 aromatic carbocycles. The van der Waals surface area contributed by atoms with Crippen LogP contribution in [0.4, 0.5) is 0 Å². The van der Waals surface area contributed by atoms with Crippen molar-refractivity contribution in [2.45, 2.75) is 6.17 Å². The fourth-order valence-electron chi connectivity index (χ4n) is 1.95. The number of benzene rings is 2. The van der Waals surface area contributed by atoms with E-state index >= 15 is 0 Å². The standard InChI is InChI=1S/C12H11N3/c1-2-6-10-9(4-1)5-3-7-11(10)12-13-8-14-15-12/h1-7,12-13H,8H2. The summed E-state index contributed by atoms with van der Waals surface area (Å²) in [5.74, 6) is 0. The van der Waals surface area contributed by atoms with Crippen LogP contribution < -0.4 is 5.32 Å². The van der Waals surface area contributed by atoms with E-state index in [1.54, 1.807) is 0 Å². The Kier molecular flexibility index (Phi) is 1.96. The van der Waals surface area contributed by atoms with Gasteiger partial charge in [-0.25, -0.2) is 0 Å². The second kappa shape index (κ2) is 3.44. The van der Waals surface area contributed by atoms with Crippen LogP contribution in [0.3, 0.4) is 0 Å². The Morgan fingerprint density at radius 3 is 2.80 bits per heavy atom. The SMILES string of the molecule is c1ccc2c(C3N=NCN3)cccc2c1. The Morgan fingerprint density at radius 1 is 1.07 bits per heavy atom. The zero-order valence-corrected chi connectivity index (χ0v) is 8.22. The molecule has 3 heteroatoms. The lowest BCUT2D eigenvalue weighted by molar-refractivity contribution is 0.647. The molecule has 3 rings (SSSR count). The minimum Gasteiger partial charge on any atom is -0.270 e. The first-order valence-electron chi connectivity index (χ1n) is 5.03. The first-order valence-corrected chi connectivity index (χ1v) is 5.03. The maximum Gasteiger partial charge on any atom is 0.148 e. The zero-order chi connectivity index (χ0) is 10.1. The minimum atomic E-state index is 0.0242. The van der Waals surface area contributed by atoms with Gasteiger partial charge in [-0.15, -0.1) is 0 Å². The highest BCUT2D eigenvalue weighted by Crippen LogP contribution is 2.26. The van der Waals surface area contributed by atoms with Gasteiger partial charge in [-0.3, -0.25) is 5.32 Å². The maximum absolute atomic E-state index is 4.17. The molecule has 1 N–H and O–H groups in total. The second-order valence-electron chi connectivity index (χ2n) is 3.59. The lowest BCUT2D eigenvalue weighted by Crippen LogP contribution is -2.13. The van der Waals surface area contributed by atoms with E-state index in [2.05, 4.69) is 58.0 Å². The monoisotopic (exact) mass is 197 g/mol. The minimum absolute atomic E-state index is 0.0242. The molecule has 0 fully saturated rings. The first kappa shape index (κ1) is 8.56. The van der Waals surface area contributed by atoms with Crippen molar-refractivity contribution >= 4 is 10.8 Å². The predicted octanol–water partition coefficient (Wildman–Crippen LogP) is 2.85. The lowest BCUT2D eigenvalue weighted by atomic mass is 10.0. The van der Waals surface area contributed by atoms with Crippen LogP contribution in [-0.4, -0.2) is 6.67 Å². The third-order valence-corrected chi connectivity index (χ3v) is 2.67. The third-order valence-electron chi connectivity index (χ3n) is 2.67. The second-order valence-corrected chi connectivity index (χ2v) is 3.59. The van der Waals surface area contributed by atoms with Crippen LogP contribution in [-0.2, 0) is 0 Å². The van der Waals surface area contributed by atoms with Crippen molar-refractivity contribution in [1.82, 2.24) is 5.32 Å². The Morgan fingerprint density at radius 2 is 1.93 bits per heavy atom. The van der Waals surface area contributed by atoms with Gasteiger partial charge in [-0.2, -0.15) is 10.2 Å². The van der Waals surface area contributed by atoms with Crippen molar-refractivity contribution in [3.63, 3.8) is 0 Å². The molecule has 0 aliphatic carbocycles.